The fraction of sp³-hybridized carbons (Fsp3) is 0.412. The number of Topliss-reactive ketones (excluding diaryl/α,β-unsaturated/α-hetero) is 1. The lowest BCUT2D eigenvalue weighted by Gasteiger charge is -2.33. The van der Waals surface area contributed by atoms with Gasteiger partial charge in [-0.05, 0) is 48.4 Å². The molecular formula is C17H13F3N2O. The van der Waals surface area contributed by atoms with Gasteiger partial charge in [0.1, 0.15) is 5.57 Å². The average Bonchev–Trinajstić information content (AvgIpc) is 3.15. The van der Waals surface area contributed by atoms with Gasteiger partial charge >= 0.3 is 6.18 Å². The number of fused-ring (bicyclic) bond motifs is 5. The molecule has 1 N–H and O–H groups in total. The highest BCUT2D eigenvalue weighted by atomic mass is 19.4. The Bertz CT molecular complexity index is 908. The van der Waals surface area contributed by atoms with E-state index in [-0.39, 0.29) is 5.57 Å². The topological polar surface area (TPSA) is 45.8 Å². The molecule has 118 valence electrons. The Labute approximate surface area is 129 Å². The molecule has 0 radical (unpaired) electrons. The van der Waals surface area contributed by atoms with Crippen molar-refractivity contribution >= 4 is 22.4 Å². The third-order valence-corrected chi connectivity index (χ3v) is 5.77. The molecule has 0 aliphatic heterocycles. The van der Waals surface area contributed by atoms with Crippen LogP contribution in [0.3, 0.4) is 0 Å². The molecular weight excluding hydrogens is 305 g/mol. The molecule has 2 aromatic rings. The zero-order chi connectivity index (χ0) is 16.0. The Hall–Kier alpha value is -2.11. The van der Waals surface area contributed by atoms with Gasteiger partial charge in [-0.25, -0.2) is 4.98 Å². The normalized spacial score (nSPS) is 29.3. The van der Waals surface area contributed by atoms with Crippen molar-refractivity contribution in [3.8, 4) is 0 Å². The maximum Gasteiger partial charge on any atom is 0.420 e. The number of halogens is 3. The molecule has 1 saturated carbocycles. The summed E-state index contributed by atoms with van der Waals surface area (Å²) < 4.78 is 40.9. The minimum Gasteiger partial charge on any atom is -0.345 e. The number of allylic oxidation sites excluding steroid dienone is 2. The van der Waals surface area contributed by atoms with Crippen LogP contribution in [-0.4, -0.2) is 21.9 Å². The molecule has 3 aliphatic carbocycles. The molecule has 0 amide bonds. The lowest BCUT2D eigenvalue weighted by molar-refractivity contribution is -0.132. The van der Waals surface area contributed by atoms with Gasteiger partial charge in [0.25, 0.3) is 0 Å². The van der Waals surface area contributed by atoms with Crippen LogP contribution in [0.25, 0.3) is 16.6 Å². The first-order valence-electron chi connectivity index (χ1n) is 7.72. The number of aromatic nitrogens is 2. The van der Waals surface area contributed by atoms with Crippen LogP contribution in [0.15, 0.2) is 24.0 Å². The van der Waals surface area contributed by atoms with Crippen LogP contribution in [0.4, 0.5) is 13.2 Å². The number of hydrogen-bond acceptors (Lipinski definition) is 2. The van der Waals surface area contributed by atoms with Crippen molar-refractivity contribution in [3.63, 3.8) is 0 Å². The van der Waals surface area contributed by atoms with Crippen molar-refractivity contribution in [2.24, 2.45) is 11.3 Å². The summed E-state index contributed by atoms with van der Waals surface area (Å²) in [4.78, 5) is 19.7. The number of ketones is 1. The van der Waals surface area contributed by atoms with Crippen LogP contribution in [0, 0.1) is 11.3 Å². The smallest absolute Gasteiger partial charge is 0.345 e. The number of carbonyl (C=O) groups is 1. The number of nitrogens with zero attached hydrogens (tertiary/aromatic N) is 1. The Morgan fingerprint density at radius 1 is 1.30 bits per heavy atom. The summed E-state index contributed by atoms with van der Waals surface area (Å²) in [6.07, 6.45) is -0.724. The van der Waals surface area contributed by atoms with Gasteiger partial charge in [-0.3, -0.25) is 4.79 Å². The zero-order valence-electron chi connectivity index (χ0n) is 12.1. The van der Waals surface area contributed by atoms with E-state index in [1.54, 1.807) is 18.5 Å². The molecule has 2 bridgehead atoms. The van der Waals surface area contributed by atoms with Crippen LogP contribution in [0.1, 0.15) is 30.4 Å². The maximum absolute atomic E-state index is 13.6. The van der Waals surface area contributed by atoms with E-state index in [1.807, 2.05) is 0 Å². The number of benzene rings is 1. The van der Waals surface area contributed by atoms with Crippen LogP contribution >= 0.6 is 0 Å². The van der Waals surface area contributed by atoms with Gasteiger partial charge < -0.3 is 4.98 Å². The minimum absolute atomic E-state index is 0.239. The van der Waals surface area contributed by atoms with E-state index in [2.05, 4.69) is 9.97 Å². The first-order valence-corrected chi connectivity index (χ1v) is 7.72. The number of carbonyl (C=O) groups excluding carboxylic acids is 1. The second-order valence-electron chi connectivity index (χ2n) is 6.90. The van der Waals surface area contributed by atoms with Crippen LogP contribution in [0.2, 0.25) is 0 Å². The Morgan fingerprint density at radius 2 is 2.13 bits per heavy atom. The van der Waals surface area contributed by atoms with Crippen molar-refractivity contribution in [3.05, 3.63) is 35.2 Å². The highest BCUT2D eigenvalue weighted by molar-refractivity contribution is 6.10. The number of imidazole rings is 1. The molecule has 0 saturated heterocycles. The molecule has 1 fully saturated rings. The number of rotatable bonds is 0. The summed E-state index contributed by atoms with van der Waals surface area (Å²) in [5.74, 6) is -1.19. The number of aromatic amines is 1. The molecule has 3 aliphatic rings. The summed E-state index contributed by atoms with van der Waals surface area (Å²) in [6, 6.07) is 3.48. The van der Waals surface area contributed by atoms with Crippen molar-refractivity contribution < 1.29 is 18.0 Å². The summed E-state index contributed by atoms with van der Waals surface area (Å²) >= 11 is 0. The molecule has 5 rings (SSSR count). The van der Waals surface area contributed by atoms with Gasteiger partial charge in [0, 0.05) is 11.3 Å². The predicted octanol–water partition coefficient (Wildman–Crippen LogP) is 3.80. The number of alkyl halides is 3. The summed E-state index contributed by atoms with van der Waals surface area (Å²) in [5, 5.41) is 0. The van der Waals surface area contributed by atoms with Gasteiger partial charge in [0.15, 0.2) is 5.78 Å². The SMILES string of the molecule is O=C1C(C(F)(F)F)=C2c3ccc4[nH]cnc4c3C[C@@]23CC[C@H]1C3. The van der Waals surface area contributed by atoms with Crippen molar-refractivity contribution in [1.82, 2.24) is 9.97 Å². The van der Waals surface area contributed by atoms with E-state index in [0.717, 1.165) is 16.6 Å². The lowest BCUT2D eigenvalue weighted by atomic mass is 9.71. The molecule has 1 aromatic heterocycles. The standard InChI is InChI=1S/C17H13F3N2O/c18-17(19,20)13-12-9-1-2-11-14(22-7-21-11)10(9)6-16(12)4-3-8(5-16)15(13)23/h1-2,7-8H,3-6H2,(H,21,22)/t8-,16-/m0/s1. The van der Waals surface area contributed by atoms with Gasteiger partial charge in [-0.2, -0.15) is 13.2 Å². The fourth-order valence-electron chi connectivity index (χ4n) is 4.94. The van der Waals surface area contributed by atoms with Crippen molar-refractivity contribution in [2.45, 2.75) is 31.9 Å². The summed E-state index contributed by atoms with van der Waals surface area (Å²) in [6.45, 7) is 0. The van der Waals surface area contributed by atoms with Crippen LogP contribution in [0.5, 0.6) is 0 Å². The first kappa shape index (κ1) is 13.3. The van der Waals surface area contributed by atoms with Gasteiger partial charge in [-0.15, -0.1) is 0 Å². The van der Waals surface area contributed by atoms with E-state index in [9.17, 15) is 18.0 Å². The van der Waals surface area contributed by atoms with E-state index in [4.69, 9.17) is 0 Å². The van der Waals surface area contributed by atoms with Gasteiger partial charge in [-0.1, -0.05) is 6.07 Å². The average molecular weight is 318 g/mol. The predicted molar refractivity (Wildman–Crippen MR) is 77.6 cm³/mol. The number of H-pyrrole nitrogens is 1. The monoisotopic (exact) mass is 318 g/mol. The first-order chi connectivity index (χ1) is 10.9. The van der Waals surface area contributed by atoms with E-state index >= 15 is 0 Å². The summed E-state index contributed by atoms with van der Waals surface area (Å²) in [7, 11) is 0. The minimum atomic E-state index is -4.59. The van der Waals surface area contributed by atoms with Crippen LogP contribution < -0.4 is 0 Å². The summed E-state index contributed by atoms with van der Waals surface area (Å²) in [5.41, 5.74) is 1.80. The Kier molecular flexibility index (Phi) is 2.24. The third kappa shape index (κ3) is 1.51. The lowest BCUT2D eigenvalue weighted by Crippen LogP contribution is -2.34. The molecule has 1 aromatic carbocycles. The van der Waals surface area contributed by atoms with E-state index in [0.29, 0.717) is 31.2 Å². The molecule has 6 heteroatoms. The van der Waals surface area contributed by atoms with Crippen LogP contribution in [-0.2, 0) is 11.2 Å². The molecule has 3 nitrogen and oxygen atoms in total. The zero-order valence-corrected chi connectivity index (χ0v) is 12.1. The number of hydrogen-bond donors (Lipinski definition) is 1. The molecule has 1 spiro atoms. The maximum atomic E-state index is 13.6. The van der Waals surface area contributed by atoms with Crippen molar-refractivity contribution in [2.75, 3.05) is 0 Å². The fourth-order valence-corrected chi connectivity index (χ4v) is 4.94. The van der Waals surface area contributed by atoms with Crippen molar-refractivity contribution in [1.29, 1.82) is 0 Å². The molecule has 23 heavy (non-hydrogen) atoms. The second kappa shape index (κ2) is 3.86. The van der Waals surface area contributed by atoms with E-state index < -0.39 is 28.9 Å². The quantitative estimate of drug-likeness (QED) is 0.803. The molecule has 0 unspecified atom stereocenters. The van der Waals surface area contributed by atoms with Gasteiger partial charge in [0.2, 0.25) is 0 Å². The second-order valence-corrected chi connectivity index (χ2v) is 6.90. The largest absolute Gasteiger partial charge is 0.420 e. The molecule has 2 atom stereocenters. The highest BCUT2D eigenvalue weighted by Crippen LogP contribution is 2.64. The highest BCUT2D eigenvalue weighted by Gasteiger charge is 2.59. The molecule has 1 heterocycles. The number of nitrogens with one attached hydrogen (secondary N) is 1. The third-order valence-electron chi connectivity index (χ3n) is 5.77. The van der Waals surface area contributed by atoms with Gasteiger partial charge in [0.05, 0.1) is 17.4 Å². The Balaban J connectivity index is 1.89. The Morgan fingerprint density at radius 3 is 2.91 bits per heavy atom. The van der Waals surface area contributed by atoms with E-state index in [1.165, 1.54) is 0 Å².